The average molecular weight is 522 g/mol. The Hall–Kier alpha value is -3.27. The lowest BCUT2D eigenvalue weighted by molar-refractivity contribution is 0.199. The fourth-order valence-corrected chi connectivity index (χ4v) is 5.75. The van der Waals surface area contributed by atoms with E-state index in [-0.39, 0.29) is 0 Å². The summed E-state index contributed by atoms with van der Waals surface area (Å²) in [5.41, 5.74) is 9.72. The molecule has 0 unspecified atom stereocenters. The smallest absolute Gasteiger partial charge is 0.240 e. The maximum absolute atomic E-state index is 13.0. The van der Waals surface area contributed by atoms with E-state index in [1.807, 2.05) is 55.5 Å². The monoisotopic (exact) mass is 521 g/mol. The van der Waals surface area contributed by atoms with Crippen LogP contribution in [0, 0.1) is 0 Å². The van der Waals surface area contributed by atoms with Crippen LogP contribution >= 0.6 is 0 Å². The number of nitrogens with zero attached hydrogens (tertiary/aromatic N) is 3. The number of anilines is 1. The van der Waals surface area contributed by atoms with Crippen LogP contribution in [0.1, 0.15) is 38.4 Å². The van der Waals surface area contributed by atoms with Crippen LogP contribution in [-0.4, -0.2) is 43.2 Å². The summed E-state index contributed by atoms with van der Waals surface area (Å²) in [7, 11) is -1.92. The van der Waals surface area contributed by atoms with Crippen molar-refractivity contribution in [3.8, 4) is 0 Å². The minimum atomic E-state index is -3.59. The van der Waals surface area contributed by atoms with Gasteiger partial charge in [0.2, 0.25) is 10.0 Å². The average Bonchev–Trinajstić information content (AvgIpc) is 3.27. The SMILES string of the molecule is CC/C=C(\C=C1\C=CC=CC1)S(=O)(=O)NCCCCn1c(CCOC)nc2c(N)nc3ccccc3c21. The summed E-state index contributed by atoms with van der Waals surface area (Å²) >= 11 is 0. The summed E-state index contributed by atoms with van der Waals surface area (Å²) in [4.78, 5) is 9.64. The number of para-hydroxylation sites is 1. The van der Waals surface area contributed by atoms with Crippen molar-refractivity contribution in [3.05, 3.63) is 77.0 Å². The molecule has 2 aromatic heterocycles. The largest absolute Gasteiger partial charge is 0.384 e. The van der Waals surface area contributed by atoms with E-state index in [0.717, 1.165) is 40.7 Å². The second-order valence-electron chi connectivity index (χ2n) is 8.96. The van der Waals surface area contributed by atoms with E-state index in [1.165, 1.54) is 0 Å². The van der Waals surface area contributed by atoms with Crippen molar-refractivity contribution in [2.24, 2.45) is 0 Å². The van der Waals surface area contributed by atoms with Crippen molar-refractivity contribution in [2.75, 3.05) is 26.0 Å². The Morgan fingerprint density at radius 1 is 1.22 bits per heavy atom. The molecule has 196 valence electrons. The van der Waals surface area contributed by atoms with Gasteiger partial charge in [0, 0.05) is 32.0 Å². The molecule has 0 radical (unpaired) electrons. The van der Waals surface area contributed by atoms with E-state index >= 15 is 0 Å². The van der Waals surface area contributed by atoms with Gasteiger partial charge >= 0.3 is 0 Å². The van der Waals surface area contributed by atoms with Crippen LogP contribution in [0.4, 0.5) is 5.82 Å². The van der Waals surface area contributed by atoms with Crippen LogP contribution in [0.3, 0.4) is 0 Å². The number of ether oxygens (including phenoxy) is 1. The molecule has 0 saturated heterocycles. The second kappa shape index (κ2) is 12.3. The number of hydrogen-bond acceptors (Lipinski definition) is 6. The van der Waals surface area contributed by atoms with Crippen LogP contribution < -0.4 is 10.5 Å². The van der Waals surface area contributed by atoms with Gasteiger partial charge in [-0.25, -0.2) is 23.1 Å². The van der Waals surface area contributed by atoms with Crippen LogP contribution in [0.2, 0.25) is 0 Å². The summed E-state index contributed by atoms with van der Waals surface area (Å²) in [6, 6.07) is 7.90. The third-order valence-corrected chi connectivity index (χ3v) is 7.76. The molecule has 0 aliphatic heterocycles. The molecule has 1 aliphatic carbocycles. The number of unbranched alkanes of at least 4 members (excludes halogenated alkanes) is 1. The first-order valence-electron chi connectivity index (χ1n) is 12.7. The molecule has 0 fully saturated rings. The van der Waals surface area contributed by atoms with Gasteiger partial charge in [0.1, 0.15) is 11.3 Å². The van der Waals surface area contributed by atoms with Crippen LogP contribution in [0.15, 0.2) is 71.2 Å². The lowest BCUT2D eigenvalue weighted by Gasteiger charge is -2.12. The molecule has 3 N–H and O–H groups in total. The molecule has 0 spiro atoms. The number of nitrogens with two attached hydrogens (primary N) is 1. The summed E-state index contributed by atoms with van der Waals surface area (Å²) in [6.45, 7) is 3.52. The fraction of sp³-hybridized carbons (Fsp3) is 0.357. The minimum absolute atomic E-state index is 0.321. The number of sulfonamides is 1. The first-order chi connectivity index (χ1) is 17.9. The van der Waals surface area contributed by atoms with E-state index < -0.39 is 10.0 Å². The lowest BCUT2D eigenvalue weighted by atomic mass is 10.1. The zero-order valence-electron chi connectivity index (χ0n) is 21.5. The Labute approximate surface area is 218 Å². The number of hydrogen-bond donors (Lipinski definition) is 2. The molecule has 3 aromatic rings. The number of rotatable bonds is 12. The molecule has 0 bridgehead atoms. The van der Waals surface area contributed by atoms with Crippen molar-refractivity contribution in [2.45, 2.75) is 45.6 Å². The first-order valence-corrected chi connectivity index (χ1v) is 14.2. The van der Waals surface area contributed by atoms with Gasteiger partial charge < -0.3 is 15.0 Å². The molecule has 0 saturated carbocycles. The molecule has 0 amide bonds. The predicted octanol–water partition coefficient (Wildman–Crippen LogP) is 4.79. The Balaban J connectivity index is 1.47. The number of allylic oxidation sites excluding steroid dienone is 7. The lowest BCUT2D eigenvalue weighted by Crippen LogP contribution is -2.26. The zero-order valence-corrected chi connectivity index (χ0v) is 22.3. The third kappa shape index (κ3) is 6.36. The molecule has 1 aromatic carbocycles. The highest BCUT2D eigenvalue weighted by Gasteiger charge is 2.18. The summed E-state index contributed by atoms with van der Waals surface area (Å²) in [5.74, 6) is 1.29. The van der Waals surface area contributed by atoms with Crippen molar-refractivity contribution >= 4 is 37.8 Å². The Morgan fingerprint density at radius 2 is 2.05 bits per heavy atom. The number of aromatic nitrogens is 3. The molecule has 0 atom stereocenters. The third-order valence-electron chi connectivity index (χ3n) is 6.27. The summed E-state index contributed by atoms with van der Waals surface area (Å²) in [6.07, 6.45) is 14.8. The minimum Gasteiger partial charge on any atom is -0.384 e. The van der Waals surface area contributed by atoms with E-state index in [9.17, 15) is 8.42 Å². The van der Waals surface area contributed by atoms with Crippen molar-refractivity contribution in [1.82, 2.24) is 19.3 Å². The van der Waals surface area contributed by atoms with Gasteiger partial charge in [-0.1, -0.05) is 55.5 Å². The van der Waals surface area contributed by atoms with Crippen molar-refractivity contribution < 1.29 is 13.2 Å². The number of methoxy groups -OCH3 is 1. The van der Waals surface area contributed by atoms with Crippen LogP contribution in [-0.2, 0) is 27.7 Å². The van der Waals surface area contributed by atoms with Gasteiger partial charge in [0.25, 0.3) is 0 Å². The Kier molecular flexibility index (Phi) is 8.91. The number of nitrogen functional groups attached to an aromatic ring is 1. The van der Waals surface area contributed by atoms with E-state index in [4.69, 9.17) is 15.5 Å². The van der Waals surface area contributed by atoms with Crippen molar-refractivity contribution in [1.29, 1.82) is 0 Å². The van der Waals surface area contributed by atoms with Gasteiger partial charge in [-0.05, 0) is 43.4 Å². The number of imidazole rings is 1. The standard InChI is InChI=1S/C28H35N5O3S/c1-3-11-22(20-21-12-5-4-6-13-21)37(34,35)30-17-9-10-18-33-25(16-19-36-2)32-26-27(33)23-14-7-8-15-24(23)31-28(26)29/h4-8,11-12,14-15,20,30H,3,9-10,13,16-19H2,1-2H3,(H2,29,31)/b21-20-,22-11+. The van der Waals surface area contributed by atoms with Gasteiger partial charge in [0.15, 0.2) is 5.82 Å². The summed E-state index contributed by atoms with van der Waals surface area (Å²) in [5, 5.41) is 0.998. The van der Waals surface area contributed by atoms with Gasteiger partial charge in [-0.2, -0.15) is 0 Å². The maximum Gasteiger partial charge on any atom is 0.240 e. The molecule has 4 rings (SSSR count). The normalized spacial score (nSPS) is 15.4. The molecule has 2 heterocycles. The number of benzene rings is 1. The van der Waals surface area contributed by atoms with E-state index in [2.05, 4.69) is 14.3 Å². The number of nitrogens with one attached hydrogen (secondary N) is 1. The number of fused-ring (bicyclic) bond motifs is 3. The van der Waals surface area contributed by atoms with E-state index in [1.54, 1.807) is 19.3 Å². The number of aryl methyl sites for hydroxylation is 1. The second-order valence-corrected chi connectivity index (χ2v) is 10.7. The van der Waals surface area contributed by atoms with E-state index in [0.29, 0.717) is 55.2 Å². The quantitative estimate of drug-likeness (QED) is 0.331. The maximum atomic E-state index is 13.0. The zero-order chi connectivity index (χ0) is 26.3. The summed E-state index contributed by atoms with van der Waals surface area (Å²) < 4.78 is 36.3. The molecule has 1 aliphatic rings. The number of pyridine rings is 1. The Morgan fingerprint density at radius 3 is 2.81 bits per heavy atom. The molecular formula is C28H35N5O3S. The van der Waals surface area contributed by atoms with Crippen LogP contribution in [0.5, 0.6) is 0 Å². The van der Waals surface area contributed by atoms with Gasteiger partial charge in [-0.15, -0.1) is 0 Å². The fourth-order valence-electron chi connectivity index (χ4n) is 4.48. The topological polar surface area (TPSA) is 112 Å². The molecule has 37 heavy (non-hydrogen) atoms. The molecule has 8 nitrogen and oxygen atoms in total. The molecular weight excluding hydrogens is 486 g/mol. The first kappa shape index (κ1) is 26.8. The van der Waals surface area contributed by atoms with Crippen LogP contribution in [0.25, 0.3) is 21.9 Å². The van der Waals surface area contributed by atoms with Gasteiger partial charge in [0.05, 0.1) is 22.5 Å². The predicted molar refractivity (Wildman–Crippen MR) is 151 cm³/mol. The highest BCUT2D eigenvalue weighted by molar-refractivity contribution is 7.93. The molecule has 9 heteroatoms. The highest BCUT2D eigenvalue weighted by Crippen LogP contribution is 2.29. The van der Waals surface area contributed by atoms with Gasteiger partial charge in [-0.3, -0.25) is 0 Å². The van der Waals surface area contributed by atoms with Crippen molar-refractivity contribution in [3.63, 3.8) is 0 Å². The highest BCUT2D eigenvalue weighted by atomic mass is 32.2. The Bertz CT molecular complexity index is 1480.